The molecule has 1 fully saturated rings. The van der Waals surface area contributed by atoms with Gasteiger partial charge in [0.15, 0.2) is 6.33 Å². The number of carbonyl (C=O) groups is 1. The molecule has 0 aromatic carbocycles. The Kier molecular flexibility index (Phi) is 2.30. The summed E-state index contributed by atoms with van der Waals surface area (Å²) in [7, 11) is 0. The molecule has 0 amide bonds. The van der Waals surface area contributed by atoms with Gasteiger partial charge in [0.25, 0.3) is 0 Å². The van der Waals surface area contributed by atoms with E-state index in [1.165, 1.54) is 0 Å². The van der Waals surface area contributed by atoms with Crippen LogP contribution in [0.15, 0.2) is 12.3 Å². The maximum Gasteiger partial charge on any atom is 0.326 e. The van der Waals surface area contributed by atoms with Gasteiger partial charge in [-0.2, -0.15) is 0 Å². The second kappa shape index (κ2) is 3.61. The summed E-state index contributed by atoms with van der Waals surface area (Å²) in [4.78, 5) is 20.3. The van der Waals surface area contributed by atoms with E-state index in [4.69, 9.17) is 5.11 Å². The van der Waals surface area contributed by atoms with Crippen molar-refractivity contribution < 1.29 is 9.90 Å². The molecule has 0 bridgehead atoms. The highest BCUT2D eigenvalue weighted by atomic mass is 16.4. The van der Waals surface area contributed by atoms with Crippen molar-refractivity contribution in [3.8, 4) is 0 Å². The summed E-state index contributed by atoms with van der Waals surface area (Å²) < 4.78 is 0. The Morgan fingerprint density at radius 3 is 3.21 bits per heavy atom. The average molecular weight is 192 g/mol. The molecule has 5 heteroatoms. The zero-order valence-electron chi connectivity index (χ0n) is 7.55. The van der Waals surface area contributed by atoms with Crippen molar-refractivity contribution in [1.29, 1.82) is 0 Å². The number of hydrogen-bond donors (Lipinski definition) is 1. The van der Waals surface area contributed by atoms with Gasteiger partial charge in [-0.3, -0.25) is 0 Å². The summed E-state index contributed by atoms with van der Waals surface area (Å²) in [5, 5.41) is 8.95. The lowest BCUT2D eigenvalue weighted by Crippen LogP contribution is -2.36. The van der Waals surface area contributed by atoms with Gasteiger partial charge >= 0.3 is 5.97 Å². The molecule has 5 nitrogen and oxygen atoms in total. The van der Waals surface area contributed by atoms with E-state index in [1.807, 2.05) is 0 Å². The van der Waals surface area contributed by atoms with Crippen LogP contribution in [0.2, 0.25) is 0 Å². The van der Waals surface area contributed by atoms with Gasteiger partial charge in [0.1, 0.15) is 11.9 Å². The summed E-state index contributed by atoms with van der Waals surface area (Å²) in [6, 6.07) is 1.26. The van der Waals surface area contributed by atoms with Crippen LogP contribution < -0.4 is 4.90 Å². The van der Waals surface area contributed by atoms with Crippen LogP contribution >= 0.6 is 0 Å². The summed E-state index contributed by atoms with van der Waals surface area (Å²) in [6.45, 7) is 0.738. The van der Waals surface area contributed by atoms with Gasteiger partial charge in [0, 0.05) is 12.7 Å². The second-order valence-corrected chi connectivity index (χ2v) is 3.20. The number of carboxylic acids is 1. The SMILES string of the molecule is O=C(O)C1CCCN1c1ccn[c]n1. The van der Waals surface area contributed by atoms with Gasteiger partial charge in [0.05, 0.1) is 0 Å². The third-order valence-corrected chi connectivity index (χ3v) is 2.35. The molecule has 1 aliphatic rings. The lowest BCUT2D eigenvalue weighted by molar-refractivity contribution is -0.138. The predicted molar refractivity (Wildman–Crippen MR) is 48.9 cm³/mol. The molecule has 1 radical (unpaired) electrons. The van der Waals surface area contributed by atoms with Crippen LogP contribution in [0.5, 0.6) is 0 Å². The van der Waals surface area contributed by atoms with E-state index in [2.05, 4.69) is 16.3 Å². The highest BCUT2D eigenvalue weighted by Crippen LogP contribution is 2.22. The average Bonchev–Trinajstić information content (AvgIpc) is 2.67. The molecule has 14 heavy (non-hydrogen) atoms. The smallest absolute Gasteiger partial charge is 0.326 e. The molecule has 0 spiro atoms. The zero-order chi connectivity index (χ0) is 9.97. The molecule has 0 aliphatic carbocycles. The molecule has 1 unspecified atom stereocenters. The molecular formula is C9H10N3O2. The summed E-state index contributed by atoms with van der Waals surface area (Å²) in [5.41, 5.74) is 0. The Morgan fingerprint density at radius 1 is 1.71 bits per heavy atom. The zero-order valence-corrected chi connectivity index (χ0v) is 7.55. The number of aliphatic carboxylic acids is 1. The van der Waals surface area contributed by atoms with Crippen LogP contribution in [0, 0.1) is 6.33 Å². The molecule has 0 saturated carbocycles. The fourth-order valence-electron chi connectivity index (χ4n) is 1.71. The van der Waals surface area contributed by atoms with E-state index in [9.17, 15) is 4.79 Å². The molecular weight excluding hydrogens is 182 g/mol. The van der Waals surface area contributed by atoms with E-state index >= 15 is 0 Å². The molecule has 2 heterocycles. The van der Waals surface area contributed by atoms with Crippen molar-refractivity contribution in [2.45, 2.75) is 18.9 Å². The van der Waals surface area contributed by atoms with Gasteiger partial charge < -0.3 is 10.0 Å². The summed E-state index contributed by atoms with van der Waals surface area (Å²) in [5.74, 6) is -0.147. The standard InChI is InChI=1S/C9H10N3O2/c13-9(14)7-2-1-5-12(7)8-3-4-10-6-11-8/h3-4,7H,1-2,5H2,(H,13,14). The third kappa shape index (κ3) is 1.53. The van der Waals surface area contributed by atoms with Gasteiger partial charge in [-0.05, 0) is 18.9 Å². The van der Waals surface area contributed by atoms with Crippen LogP contribution in [-0.2, 0) is 4.79 Å². The lowest BCUT2D eigenvalue weighted by atomic mass is 10.2. The normalized spacial score (nSPS) is 21.1. The maximum absolute atomic E-state index is 10.9. The number of carboxylic acid groups (broad SMARTS) is 1. The molecule has 1 saturated heterocycles. The van der Waals surface area contributed by atoms with E-state index in [-0.39, 0.29) is 0 Å². The van der Waals surface area contributed by atoms with Crippen molar-refractivity contribution in [3.05, 3.63) is 18.6 Å². The Balaban J connectivity index is 2.22. The molecule has 1 N–H and O–H groups in total. The van der Waals surface area contributed by atoms with Crippen LogP contribution in [-0.4, -0.2) is 33.6 Å². The minimum absolute atomic E-state index is 0.446. The number of hydrogen-bond acceptors (Lipinski definition) is 4. The van der Waals surface area contributed by atoms with Crippen LogP contribution in [0.1, 0.15) is 12.8 Å². The highest BCUT2D eigenvalue weighted by molar-refractivity contribution is 5.78. The maximum atomic E-state index is 10.9. The van der Waals surface area contributed by atoms with Crippen molar-refractivity contribution in [3.63, 3.8) is 0 Å². The van der Waals surface area contributed by atoms with Crippen LogP contribution in [0.25, 0.3) is 0 Å². The monoisotopic (exact) mass is 192 g/mol. The highest BCUT2D eigenvalue weighted by Gasteiger charge is 2.31. The molecule has 1 aromatic heterocycles. The predicted octanol–water partition coefficient (Wildman–Crippen LogP) is 0.330. The summed E-state index contributed by atoms with van der Waals surface area (Å²) >= 11 is 0. The fourth-order valence-corrected chi connectivity index (χ4v) is 1.71. The fraction of sp³-hybridized carbons (Fsp3) is 0.444. The number of anilines is 1. The van der Waals surface area contributed by atoms with Crippen LogP contribution in [0.3, 0.4) is 0 Å². The Labute approximate surface area is 81.4 Å². The van der Waals surface area contributed by atoms with Crippen LogP contribution in [0.4, 0.5) is 5.82 Å². The first kappa shape index (κ1) is 8.93. The van der Waals surface area contributed by atoms with Gasteiger partial charge in [-0.15, -0.1) is 0 Å². The van der Waals surface area contributed by atoms with Gasteiger partial charge in [0.2, 0.25) is 0 Å². The largest absolute Gasteiger partial charge is 0.480 e. The molecule has 1 aliphatic heterocycles. The van der Waals surface area contributed by atoms with E-state index < -0.39 is 12.0 Å². The summed E-state index contributed by atoms with van der Waals surface area (Å²) in [6.07, 6.45) is 5.60. The number of nitrogens with zero attached hydrogens (tertiary/aromatic N) is 3. The third-order valence-electron chi connectivity index (χ3n) is 2.35. The molecule has 2 rings (SSSR count). The first-order valence-electron chi connectivity index (χ1n) is 4.47. The molecule has 73 valence electrons. The first-order chi connectivity index (χ1) is 6.79. The van der Waals surface area contributed by atoms with Crippen molar-refractivity contribution in [2.24, 2.45) is 0 Å². The lowest BCUT2D eigenvalue weighted by Gasteiger charge is -2.21. The van der Waals surface area contributed by atoms with Crippen molar-refractivity contribution >= 4 is 11.8 Å². The van der Waals surface area contributed by atoms with E-state index in [0.717, 1.165) is 13.0 Å². The Morgan fingerprint density at radius 2 is 2.57 bits per heavy atom. The van der Waals surface area contributed by atoms with E-state index in [1.54, 1.807) is 17.2 Å². The van der Waals surface area contributed by atoms with Gasteiger partial charge in [-0.25, -0.2) is 14.8 Å². The first-order valence-corrected chi connectivity index (χ1v) is 4.47. The molecule has 1 atom stereocenters. The van der Waals surface area contributed by atoms with Crippen molar-refractivity contribution in [2.75, 3.05) is 11.4 Å². The van der Waals surface area contributed by atoms with Crippen molar-refractivity contribution in [1.82, 2.24) is 9.97 Å². The quantitative estimate of drug-likeness (QED) is 0.731. The Hall–Kier alpha value is -1.65. The Bertz CT molecular complexity index is 328. The number of aromatic nitrogens is 2. The second-order valence-electron chi connectivity index (χ2n) is 3.20. The molecule has 1 aromatic rings. The minimum atomic E-state index is -0.791. The van der Waals surface area contributed by atoms with Gasteiger partial charge in [-0.1, -0.05) is 0 Å². The topological polar surface area (TPSA) is 66.3 Å². The minimum Gasteiger partial charge on any atom is -0.480 e. The number of rotatable bonds is 2. The van der Waals surface area contributed by atoms with E-state index in [0.29, 0.717) is 12.2 Å².